The highest BCUT2D eigenvalue weighted by Gasteiger charge is 2.13. The summed E-state index contributed by atoms with van der Waals surface area (Å²) in [4.78, 5) is 24.7. The summed E-state index contributed by atoms with van der Waals surface area (Å²) in [6, 6.07) is 0.640. The van der Waals surface area contributed by atoms with Gasteiger partial charge in [-0.3, -0.25) is 14.3 Å². The van der Waals surface area contributed by atoms with Crippen molar-refractivity contribution in [1.82, 2.24) is 14.9 Å². The zero-order valence-electron chi connectivity index (χ0n) is 10.2. The van der Waals surface area contributed by atoms with Gasteiger partial charge >= 0.3 is 5.69 Å². The summed E-state index contributed by atoms with van der Waals surface area (Å²) >= 11 is 5.68. The number of rotatable bonds is 5. The molecule has 5 nitrogen and oxygen atoms in total. The van der Waals surface area contributed by atoms with Crippen LogP contribution < -0.4 is 16.6 Å². The van der Waals surface area contributed by atoms with E-state index in [-0.39, 0.29) is 5.02 Å². The highest BCUT2D eigenvalue weighted by molar-refractivity contribution is 6.30. The Bertz CT molecular complexity index is 503. The zero-order valence-corrected chi connectivity index (χ0v) is 11.0. The Balaban J connectivity index is 1.81. The van der Waals surface area contributed by atoms with Crippen molar-refractivity contribution < 1.29 is 0 Å². The highest BCUT2D eigenvalue weighted by Crippen LogP contribution is 2.17. The molecule has 0 bridgehead atoms. The van der Waals surface area contributed by atoms with E-state index in [4.69, 9.17) is 11.6 Å². The smallest absolute Gasteiger partial charge is 0.314 e. The van der Waals surface area contributed by atoms with Gasteiger partial charge in [0.25, 0.3) is 5.56 Å². The Labute approximate surface area is 110 Å². The Morgan fingerprint density at radius 2 is 2.11 bits per heavy atom. The molecule has 0 unspecified atom stereocenters. The van der Waals surface area contributed by atoms with E-state index in [9.17, 15) is 9.59 Å². The normalized spacial score (nSPS) is 16.3. The van der Waals surface area contributed by atoms with Gasteiger partial charge in [-0.1, -0.05) is 24.4 Å². The largest absolute Gasteiger partial charge is 0.328 e. The van der Waals surface area contributed by atoms with Gasteiger partial charge in [0.1, 0.15) is 5.02 Å². The predicted octanol–water partition coefficient (Wildman–Crippen LogP) is 1.11. The summed E-state index contributed by atoms with van der Waals surface area (Å²) in [5.74, 6) is 0. The number of aryl methyl sites for hydroxylation is 1. The minimum absolute atomic E-state index is 0.0540. The summed E-state index contributed by atoms with van der Waals surface area (Å²) < 4.78 is 1.44. The molecule has 100 valence electrons. The molecule has 1 heterocycles. The van der Waals surface area contributed by atoms with Gasteiger partial charge in [0.2, 0.25) is 0 Å². The number of H-pyrrole nitrogens is 1. The molecule has 2 N–H and O–H groups in total. The maximum atomic E-state index is 11.5. The maximum Gasteiger partial charge on any atom is 0.328 e. The molecule has 0 radical (unpaired) electrons. The lowest BCUT2D eigenvalue weighted by molar-refractivity contribution is 0.489. The lowest BCUT2D eigenvalue weighted by Crippen LogP contribution is -2.32. The molecule has 0 aromatic carbocycles. The van der Waals surface area contributed by atoms with Crippen molar-refractivity contribution in [3.05, 3.63) is 32.1 Å². The molecule has 1 fully saturated rings. The van der Waals surface area contributed by atoms with Crippen LogP contribution in [-0.4, -0.2) is 22.1 Å². The highest BCUT2D eigenvalue weighted by atomic mass is 35.5. The molecule has 0 aliphatic heterocycles. The fraction of sp³-hybridized carbons (Fsp3) is 0.667. The van der Waals surface area contributed by atoms with Gasteiger partial charge in [-0.05, 0) is 25.8 Å². The van der Waals surface area contributed by atoms with Crippen LogP contribution in [0.1, 0.15) is 32.1 Å². The maximum absolute atomic E-state index is 11.5. The topological polar surface area (TPSA) is 66.9 Å². The molecular weight excluding hydrogens is 254 g/mol. The molecule has 0 saturated heterocycles. The molecule has 1 aromatic heterocycles. The van der Waals surface area contributed by atoms with Crippen molar-refractivity contribution >= 4 is 11.6 Å². The first kappa shape index (κ1) is 13.4. The molecular formula is C12H18ClN3O2. The number of aromatic amines is 1. The number of hydrogen-bond acceptors (Lipinski definition) is 3. The molecule has 0 amide bonds. The second kappa shape index (κ2) is 6.20. The van der Waals surface area contributed by atoms with E-state index in [1.54, 1.807) is 0 Å². The Hall–Kier alpha value is -1.07. The van der Waals surface area contributed by atoms with Gasteiger partial charge in [-0.2, -0.15) is 0 Å². The summed E-state index contributed by atoms with van der Waals surface area (Å²) in [5.41, 5.74) is -0.924. The van der Waals surface area contributed by atoms with Gasteiger partial charge in [0.15, 0.2) is 0 Å². The van der Waals surface area contributed by atoms with E-state index in [1.807, 2.05) is 0 Å². The Kier molecular flexibility index (Phi) is 4.60. The van der Waals surface area contributed by atoms with E-state index >= 15 is 0 Å². The van der Waals surface area contributed by atoms with Crippen molar-refractivity contribution in [2.75, 3.05) is 6.54 Å². The Morgan fingerprint density at radius 1 is 1.39 bits per heavy atom. The van der Waals surface area contributed by atoms with Crippen LogP contribution in [-0.2, 0) is 6.54 Å². The fourth-order valence-electron chi connectivity index (χ4n) is 2.33. The van der Waals surface area contributed by atoms with E-state index in [1.165, 1.54) is 36.4 Å². The van der Waals surface area contributed by atoms with Crippen LogP contribution in [0.25, 0.3) is 0 Å². The number of nitrogens with zero attached hydrogens (tertiary/aromatic N) is 1. The first-order valence-corrected chi connectivity index (χ1v) is 6.77. The summed E-state index contributed by atoms with van der Waals surface area (Å²) in [5, 5.41) is 3.53. The van der Waals surface area contributed by atoms with E-state index in [0.29, 0.717) is 12.6 Å². The molecule has 1 aromatic rings. The van der Waals surface area contributed by atoms with Crippen molar-refractivity contribution in [3.63, 3.8) is 0 Å². The molecule has 1 aliphatic rings. The molecule has 1 saturated carbocycles. The number of hydrogen-bond donors (Lipinski definition) is 2. The van der Waals surface area contributed by atoms with Gasteiger partial charge in [0.05, 0.1) is 0 Å². The van der Waals surface area contributed by atoms with Gasteiger partial charge in [0, 0.05) is 18.8 Å². The predicted molar refractivity (Wildman–Crippen MR) is 71.2 cm³/mol. The SMILES string of the molecule is O=c1[nH]c(=O)n(CCCNC2CCCC2)cc1Cl. The number of halogens is 1. The monoisotopic (exact) mass is 271 g/mol. The third-order valence-electron chi connectivity index (χ3n) is 3.33. The van der Waals surface area contributed by atoms with Crippen molar-refractivity contribution in [2.24, 2.45) is 0 Å². The number of nitrogens with one attached hydrogen (secondary N) is 2. The third kappa shape index (κ3) is 3.46. The van der Waals surface area contributed by atoms with Crippen LogP contribution in [0.4, 0.5) is 0 Å². The first-order valence-electron chi connectivity index (χ1n) is 6.39. The van der Waals surface area contributed by atoms with Crippen LogP contribution in [0, 0.1) is 0 Å². The quantitative estimate of drug-likeness (QED) is 0.789. The van der Waals surface area contributed by atoms with E-state index < -0.39 is 11.2 Å². The standard InChI is InChI=1S/C12H18ClN3O2/c13-10-8-16(12(18)15-11(10)17)7-3-6-14-9-4-1-2-5-9/h8-9,14H,1-7H2,(H,15,17,18). The summed E-state index contributed by atoms with van der Waals surface area (Å²) in [6.07, 6.45) is 7.38. The second-order valence-electron chi connectivity index (χ2n) is 4.72. The van der Waals surface area contributed by atoms with Crippen molar-refractivity contribution in [1.29, 1.82) is 0 Å². The van der Waals surface area contributed by atoms with Crippen LogP contribution in [0.15, 0.2) is 15.8 Å². The minimum Gasteiger partial charge on any atom is -0.314 e. The number of aromatic nitrogens is 2. The van der Waals surface area contributed by atoms with Crippen LogP contribution in [0.5, 0.6) is 0 Å². The lowest BCUT2D eigenvalue weighted by atomic mass is 10.2. The van der Waals surface area contributed by atoms with Gasteiger partial charge in [-0.25, -0.2) is 4.79 Å². The zero-order chi connectivity index (χ0) is 13.0. The Morgan fingerprint density at radius 3 is 2.83 bits per heavy atom. The van der Waals surface area contributed by atoms with Gasteiger partial charge in [-0.15, -0.1) is 0 Å². The molecule has 0 atom stereocenters. The average molecular weight is 272 g/mol. The van der Waals surface area contributed by atoms with Gasteiger partial charge < -0.3 is 5.32 Å². The van der Waals surface area contributed by atoms with Crippen LogP contribution in [0.3, 0.4) is 0 Å². The van der Waals surface area contributed by atoms with Crippen molar-refractivity contribution in [3.8, 4) is 0 Å². The first-order chi connectivity index (χ1) is 8.66. The minimum atomic E-state index is -0.526. The van der Waals surface area contributed by atoms with Crippen LogP contribution in [0.2, 0.25) is 5.02 Å². The third-order valence-corrected chi connectivity index (χ3v) is 3.60. The fourth-order valence-corrected chi connectivity index (χ4v) is 2.50. The second-order valence-corrected chi connectivity index (χ2v) is 5.13. The van der Waals surface area contributed by atoms with E-state index in [0.717, 1.165) is 13.0 Å². The molecule has 18 heavy (non-hydrogen) atoms. The summed E-state index contributed by atoms with van der Waals surface area (Å²) in [7, 11) is 0. The average Bonchev–Trinajstić information content (AvgIpc) is 2.84. The molecule has 2 rings (SSSR count). The summed E-state index contributed by atoms with van der Waals surface area (Å²) in [6.45, 7) is 1.45. The lowest BCUT2D eigenvalue weighted by Gasteiger charge is -2.11. The molecule has 6 heteroatoms. The van der Waals surface area contributed by atoms with E-state index in [2.05, 4.69) is 10.3 Å². The van der Waals surface area contributed by atoms with Crippen LogP contribution >= 0.6 is 11.6 Å². The van der Waals surface area contributed by atoms with Crippen molar-refractivity contribution in [2.45, 2.75) is 44.7 Å². The molecule has 0 spiro atoms. The molecule has 1 aliphatic carbocycles.